The first-order chi connectivity index (χ1) is 22.2. The lowest BCUT2D eigenvalue weighted by molar-refractivity contribution is 0.0373. The molecule has 2 rings (SSSR count). The highest BCUT2D eigenvalue weighted by Crippen LogP contribution is 2.52. The molecule has 0 radical (unpaired) electrons. The number of methoxy groups -OCH3 is 1. The molecule has 0 aliphatic heterocycles. The standard InChI is InChI=1S/C32H56N5O10PSi/c1-21(2)46-48(40,47-22(3)4)18-17-23(19-42-49(15,16)32(11,12)13)45-36-20-33-24-25(36)34-27(35-26(24)41-14)37(28(38)43-30(5,6)7)29(39)44-31(8,9)10/h17-18,20-23H,19H2,1-16H3/b18-17+. The van der Waals surface area contributed by atoms with Gasteiger partial charge < -0.3 is 32.5 Å². The summed E-state index contributed by atoms with van der Waals surface area (Å²) in [4.78, 5) is 46.8. The highest BCUT2D eigenvalue weighted by atomic mass is 31.2. The van der Waals surface area contributed by atoms with Crippen molar-refractivity contribution in [1.29, 1.82) is 0 Å². The predicted molar refractivity (Wildman–Crippen MR) is 190 cm³/mol. The second-order valence-corrected chi connectivity index (χ2v) is 22.1. The van der Waals surface area contributed by atoms with Gasteiger partial charge in [-0.15, -0.1) is 4.90 Å². The number of ether oxygens (including phenoxy) is 3. The minimum atomic E-state index is -3.70. The molecule has 1 atom stereocenters. The molecule has 2 aromatic rings. The quantitative estimate of drug-likeness (QED) is 0.145. The third-order valence-corrected chi connectivity index (χ3v) is 13.2. The van der Waals surface area contributed by atoms with E-state index in [0.717, 1.165) is 0 Å². The SMILES string of the molecule is COc1nc(N(C(=O)OC(C)(C)C)C(=O)OC(C)(C)C)nc2c1ncn2OC(/C=C/P(=O)(OC(C)C)OC(C)C)CO[Si](C)(C)C(C)(C)C. The fraction of sp³-hybridized carbons (Fsp3) is 0.719. The maximum atomic E-state index is 13.7. The molecule has 0 aliphatic rings. The van der Waals surface area contributed by atoms with Crippen LogP contribution in [0.4, 0.5) is 15.5 Å². The summed E-state index contributed by atoms with van der Waals surface area (Å²) in [6, 6.07) is 0. The van der Waals surface area contributed by atoms with Gasteiger partial charge in [-0.3, -0.25) is 4.57 Å². The minimum absolute atomic E-state index is 0.0461. The summed E-state index contributed by atoms with van der Waals surface area (Å²) in [7, 11) is -4.62. The normalized spacial score (nSPS) is 14.1. The summed E-state index contributed by atoms with van der Waals surface area (Å²) in [5.41, 5.74) is -1.70. The van der Waals surface area contributed by atoms with Crippen LogP contribution in [0.25, 0.3) is 11.2 Å². The van der Waals surface area contributed by atoms with Crippen LogP contribution in [-0.4, -0.2) is 83.4 Å². The van der Waals surface area contributed by atoms with Gasteiger partial charge in [-0.25, -0.2) is 14.6 Å². The van der Waals surface area contributed by atoms with Crippen molar-refractivity contribution in [3.05, 3.63) is 18.2 Å². The van der Waals surface area contributed by atoms with Crippen molar-refractivity contribution >= 4 is 45.2 Å². The Morgan fingerprint density at radius 3 is 1.86 bits per heavy atom. The van der Waals surface area contributed by atoms with E-state index in [1.165, 1.54) is 24.0 Å². The highest BCUT2D eigenvalue weighted by Gasteiger charge is 2.39. The zero-order valence-corrected chi connectivity index (χ0v) is 33.8. The first-order valence-electron chi connectivity index (χ1n) is 16.2. The van der Waals surface area contributed by atoms with E-state index < -0.39 is 51.4 Å². The molecule has 0 bridgehead atoms. The summed E-state index contributed by atoms with van der Waals surface area (Å²) in [5.74, 6) is 0.909. The molecule has 1 unspecified atom stereocenters. The van der Waals surface area contributed by atoms with Gasteiger partial charge in [-0.05, 0) is 93.4 Å². The first kappa shape index (κ1) is 42.1. The van der Waals surface area contributed by atoms with E-state index in [1.54, 1.807) is 75.3 Å². The number of nitrogens with zero attached hydrogens (tertiary/aromatic N) is 5. The first-order valence-corrected chi connectivity index (χ1v) is 20.7. The molecule has 0 N–H and O–H groups in total. The molecule has 2 aromatic heterocycles. The molecule has 0 saturated heterocycles. The molecule has 2 heterocycles. The maximum absolute atomic E-state index is 13.7. The molecule has 17 heteroatoms. The van der Waals surface area contributed by atoms with Crippen LogP contribution in [0.15, 0.2) is 18.2 Å². The molecule has 0 fully saturated rings. The molecule has 2 amide bonds. The number of imide groups is 1. The molecule has 49 heavy (non-hydrogen) atoms. The largest absolute Gasteiger partial charge is 0.479 e. The van der Waals surface area contributed by atoms with Crippen LogP contribution in [0.2, 0.25) is 18.1 Å². The van der Waals surface area contributed by atoms with Crippen LogP contribution in [0.3, 0.4) is 0 Å². The smallest absolute Gasteiger partial charge is 0.427 e. The number of fused-ring (bicyclic) bond motifs is 1. The Hall–Kier alpha value is -3.04. The average Bonchev–Trinajstić information content (AvgIpc) is 3.28. The molecular formula is C32H56N5O10PSi. The van der Waals surface area contributed by atoms with Gasteiger partial charge in [0.25, 0.3) is 0 Å². The van der Waals surface area contributed by atoms with E-state index in [0.29, 0.717) is 4.90 Å². The second kappa shape index (κ2) is 15.9. The number of hydrogen-bond donors (Lipinski definition) is 0. The van der Waals surface area contributed by atoms with E-state index in [1.807, 2.05) is 0 Å². The Labute approximate surface area is 291 Å². The Kier molecular flexibility index (Phi) is 13.7. The number of hydrogen-bond acceptors (Lipinski definition) is 13. The van der Waals surface area contributed by atoms with Crippen LogP contribution < -0.4 is 14.5 Å². The van der Waals surface area contributed by atoms with Gasteiger partial charge in [0.05, 0.1) is 25.9 Å². The number of carbonyl (C=O) groups excluding carboxylic acids is 2. The lowest BCUT2D eigenvalue weighted by Crippen LogP contribution is -2.44. The average molecular weight is 730 g/mol. The van der Waals surface area contributed by atoms with Crippen LogP contribution in [-0.2, 0) is 27.5 Å². The van der Waals surface area contributed by atoms with Crippen LogP contribution >= 0.6 is 7.60 Å². The summed E-state index contributed by atoms with van der Waals surface area (Å²) >= 11 is 0. The molecule has 15 nitrogen and oxygen atoms in total. The Balaban J connectivity index is 2.72. The van der Waals surface area contributed by atoms with E-state index in [4.69, 9.17) is 32.5 Å². The number of amides is 2. The Morgan fingerprint density at radius 1 is 0.918 bits per heavy atom. The fourth-order valence-electron chi connectivity index (χ4n) is 3.67. The lowest BCUT2D eigenvalue weighted by Gasteiger charge is -2.36. The molecule has 0 saturated carbocycles. The van der Waals surface area contributed by atoms with E-state index >= 15 is 0 Å². The lowest BCUT2D eigenvalue weighted by atomic mass is 10.2. The van der Waals surface area contributed by atoms with E-state index in [-0.39, 0.29) is 40.9 Å². The number of rotatable bonds is 13. The minimum Gasteiger partial charge on any atom is -0.479 e. The summed E-state index contributed by atoms with van der Waals surface area (Å²) in [6.07, 6.45) is -0.861. The van der Waals surface area contributed by atoms with Gasteiger partial charge in [0.1, 0.15) is 17.5 Å². The van der Waals surface area contributed by atoms with Gasteiger partial charge in [0.15, 0.2) is 19.9 Å². The molecule has 0 spiro atoms. The van der Waals surface area contributed by atoms with E-state index in [2.05, 4.69) is 48.8 Å². The predicted octanol–water partition coefficient (Wildman–Crippen LogP) is 7.89. The zero-order valence-electron chi connectivity index (χ0n) is 31.9. The van der Waals surface area contributed by atoms with Crippen molar-refractivity contribution in [2.75, 3.05) is 18.6 Å². The van der Waals surface area contributed by atoms with Crippen LogP contribution in [0.5, 0.6) is 5.88 Å². The van der Waals surface area contributed by atoms with Gasteiger partial charge in [0.2, 0.25) is 17.5 Å². The van der Waals surface area contributed by atoms with Crippen molar-refractivity contribution in [3.8, 4) is 5.88 Å². The molecule has 0 aromatic carbocycles. The van der Waals surface area contributed by atoms with Gasteiger partial charge in [-0.2, -0.15) is 14.7 Å². The number of aromatic nitrogens is 4. The second-order valence-electron chi connectivity index (χ2n) is 15.5. The summed E-state index contributed by atoms with van der Waals surface area (Å²) in [5, 5.41) is -0.109. The molecular weight excluding hydrogens is 673 g/mol. The van der Waals surface area contributed by atoms with Gasteiger partial charge >= 0.3 is 19.8 Å². The van der Waals surface area contributed by atoms with Crippen molar-refractivity contribution in [2.45, 2.75) is 138 Å². The Bertz CT molecular complexity index is 1480. The maximum Gasteiger partial charge on any atom is 0.427 e. The third-order valence-electron chi connectivity index (χ3n) is 6.73. The highest BCUT2D eigenvalue weighted by molar-refractivity contribution is 7.57. The van der Waals surface area contributed by atoms with Crippen molar-refractivity contribution < 1.29 is 46.7 Å². The van der Waals surface area contributed by atoms with Gasteiger partial charge in [0, 0.05) is 5.82 Å². The van der Waals surface area contributed by atoms with Crippen molar-refractivity contribution in [3.63, 3.8) is 0 Å². The number of carbonyl (C=O) groups is 2. The monoisotopic (exact) mass is 729 g/mol. The number of imidazole rings is 1. The van der Waals surface area contributed by atoms with Crippen LogP contribution in [0.1, 0.15) is 90.0 Å². The number of anilines is 1. The zero-order chi connectivity index (χ0) is 37.8. The van der Waals surface area contributed by atoms with Crippen LogP contribution in [0, 0.1) is 0 Å². The Morgan fingerprint density at radius 2 is 1.43 bits per heavy atom. The van der Waals surface area contributed by atoms with Crippen molar-refractivity contribution in [1.82, 2.24) is 19.7 Å². The summed E-state index contributed by atoms with van der Waals surface area (Å²) < 4.78 is 49.3. The molecule has 0 aliphatic carbocycles. The third kappa shape index (κ3) is 12.7. The topological polar surface area (TPSA) is 163 Å². The van der Waals surface area contributed by atoms with Gasteiger partial charge in [-0.1, -0.05) is 20.8 Å². The molecule has 278 valence electrons. The fourth-order valence-corrected chi connectivity index (χ4v) is 6.46. The van der Waals surface area contributed by atoms with Crippen molar-refractivity contribution in [2.24, 2.45) is 0 Å². The van der Waals surface area contributed by atoms with E-state index in [9.17, 15) is 14.2 Å². The summed E-state index contributed by atoms with van der Waals surface area (Å²) in [6.45, 7) is 27.6.